The van der Waals surface area contributed by atoms with Crippen molar-refractivity contribution in [3.63, 3.8) is 0 Å². The van der Waals surface area contributed by atoms with Crippen LogP contribution in [0.2, 0.25) is 0 Å². The number of fused-ring (bicyclic) bond motifs is 1. The van der Waals surface area contributed by atoms with Crippen molar-refractivity contribution in [1.29, 1.82) is 0 Å². The average molecular weight is 428 g/mol. The van der Waals surface area contributed by atoms with E-state index < -0.39 is 5.97 Å². The van der Waals surface area contributed by atoms with E-state index in [0.29, 0.717) is 11.7 Å². The number of rotatable bonds is 4. The highest BCUT2D eigenvalue weighted by Gasteiger charge is 2.33. The van der Waals surface area contributed by atoms with Crippen LogP contribution in [0.4, 0.5) is 0 Å². The van der Waals surface area contributed by atoms with Crippen LogP contribution >= 0.6 is 0 Å². The number of imidazole rings is 1. The van der Waals surface area contributed by atoms with E-state index in [2.05, 4.69) is 46.3 Å². The predicted octanol–water partition coefficient (Wildman–Crippen LogP) is 3.37. The van der Waals surface area contributed by atoms with E-state index in [0.717, 1.165) is 37.9 Å². The quantitative estimate of drug-likeness (QED) is 0.539. The zero-order valence-electron chi connectivity index (χ0n) is 17.6. The number of carboxylic acid groups (broad SMARTS) is 1. The molecule has 0 radical (unpaired) electrons. The molecular formula is C25H24N4O3. The molecule has 1 unspecified atom stereocenters. The van der Waals surface area contributed by atoms with Gasteiger partial charge in [-0.1, -0.05) is 36.4 Å². The largest absolute Gasteiger partial charge is 0.480 e. The normalized spacial score (nSPS) is 19.2. The summed E-state index contributed by atoms with van der Waals surface area (Å²) < 4.78 is 3.05. The number of benzene rings is 2. The first-order valence-electron chi connectivity index (χ1n) is 11.1. The van der Waals surface area contributed by atoms with Gasteiger partial charge in [0.2, 0.25) is 0 Å². The minimum absolute atomic E-state index is 0.0417. The Kier molecular flexibility index (Phi) is 4.40. The van der Waals surface area contributed by atoms with Gasteiger partial charge < -0.3 is 5.11 Å². The van der Waals surface area contributed by atoms with Crippen LogP contribution in [0.15, 0.2) is 59.5 Å². The minimum atomic E-state index is -1.04. The molecule has 4 aromatic rings. The molecule has 3 heterocycles. The molecule has 2 aromatic carbocycles. The summed E-state index contributed by atoms with van der Waals surface area (Å²) in [6, 6.07) is 17.2. The topological polar surface area (TPSA) is 80.4 Å². The highest BCUT2D eigenvalue weighted by Crippen LogP contribution is 2.41. The molecule has 2 aromatic heterocycles. The van der Waals surface area contributed by atoms with Gasteiger partial charge in [-0.15, -0.1) is 0 Å². The Morgan fingerprint density at radius 3 is 2.62 bits per heavy atom. The summed E-state index contributed by atoms with van der Waals surface area (Å²) >= 11 is 0. The Balaban J connectivity index is 1.28. The molecule has 6 rings (SSSR count). The lowest BCUT2D eigenvalue weighted by atomic mass is 9.99. The summed E-state index contributed by atoms with van der Waals surface area (Å²) in [6.07, 6.45) is 4.34. The molecule has 0 bridgehead atoms. The third kappa shape index (κ3) is 2.88. The number of likely N-dealkylation sites (tertiary alicyclic amines) is 1. The van der Waals surface area contributed by atoms with Gasteiger partial charge in [0.25, 0.3) is 0 Å². The number of pyridine rings is 1. The van der Waals surface area contributed by atoms with E-state index in [1.165, 1.54) is 26.5 Å². The van der Waals surface area contributed by atoms with E-state index in [1.807, 2.05) is 6.07 Å². The fraction of sp³-hybridized carbons (Fsp3) is 0.320. The highest BCUT2D eigenvalue weighted by molar-refractivity contribution is 5.91. The van der Waals surface area contributed by atoms with Gasteiger partial charge in [-0.25, -0.2) is 9.78 Å². The molecule has 162 valence electrons. The number of nitrogens with zero attached hydrogens (tertiary/aromatic N) is 4. The molecule has 7 nitrogen and oxygen atoms in total. The van der Waals surface area contributed by atoms with Crippen molar-refractivity contribution in [3.05, 3.63) is 76.3 Å². The van der Waals surface area contributed by atoms with Gasteiger partial charge in [0.05, 0.1) is 5.52 Å². The Hall–Kier alpha value is -3.45. The van der Waals surface area contributed by atoms with E-state index in [-0.39, 0.29) is 18.3 Å². The molecule has 1 aliphatic heterocycles. The second-order valence-electron chi connectivity index (χ2n) is 8.83. The van der Waals surface area contributed by atoms with Gasteiger partial charge in [-0.3, -0.25) is 18.8 Å². The number of aliphatic carboxylic acids is 1. The van der Waals surface area contributed by atoms with Crippen molar-refractivity contribution in [2.75, 3.05) is 13.1 Å². The van der Waals surface area contributed by atoms with E-state index >= 15 is 0 Å². The number of carboxylic acids is 1. The number of carbonyl (C=O) groups is 1. The van der Waals surface area contributed by atoms with Gasteiger partial charge in [0, 0.05) is 31.4 Å². The van der Waals surface area contributed by atoms with Crippen LogP contribution in [0, 0.1) is 0 Å². The van der Waals surface area contributed by atoms with Crippen LogP contribution in [0.3, 0.4) is 0 Å². The Morgan fingerprint density at radius 1 is 1.06 bits per heavy atom. The lowest BCUT2D eigenvalue weighted by Gasteiger charge is -2.36. The van der Waals surface area contributed by atoms with Crippen molar-refractivity contribution < 1.29 is 9.90 Å². The van der Waals surface area contributed by atoms with Crippen LogP contribution in [0.25, 0.3) is 21.9 Å². The third-order valence-electron chi connectivity index (χ3n) is 7.11. The fourth-order valence-corrected chi connectivity index (χ4v) is 5.74. The minimum Gasteiger partial charge on any atom is -0.480 e. The predicted molar refractivity (Wildman–Crippen MR) is 122 cm³/mol. The number of piperidine rings is 1. The number of hydrogen-bond acceptors (Lipinski definition) is 4. The highest BCUT2D eigenvalue weighted by atomic mass is 16.4. The van der Waals surface area contributed by atoms with Gasteiger partial charge in [-0.2, -0.15) is 0 Å². The summed E-state index contributed by atoms with van der Waals surface area (Å²) in [5.41, 5.74) is 3.72. The average Bonchev–Trinajstić information content (AvgIpc) is 3.31. The van der Waals surface area contributed by atoms with Crippen LogP contribution in [0.5, 0.6) is 0 Å². The maximum atomic E-state index is 13.1. The van der Waals surface area contributed by atoms with E-state index in [1.54, 1.807) is 16.8 Å². The zero-order chi connectivity index (χ0) is 21.8. The molecule has 1 N–H and O–H groups in total. The molecule has 0 spiro atoms. The monoisotopic (exact) mass is 428 g/mol. The van der Waals surface area contributed by atoms with Crippen molar-refractivity contribution >= 4 is 27.9 Å². The molecule has 32 heavy (non-hydrogen) atoms. The van der Waals surface area contributed by atoms with Gasteiger partial charge >= 0.3 is 11.7 Å². The van der Waals surface area contributed by atoms with Crippen molar-refractivity contribution in [3.8, 4) is 0 Å². The van der Waals surface area contributed by atoms with Crippen LogP contribution in [0.1, 0.15) is 36.1 Å². The Morgan fingerprint density at radius 2 is 1.84 bits per heavy atom. The fourth-order valence-electron chi connectivity index (χ4n) is 5.74. The van der Waals surface area contributed by atoms with Crippen molar-refractivity contribution in [1.82, 2.24) is 19.0 Å². The van der Waals surface area contributed by atoms with E-state index in [4.69, 9.17) is 0 Å². The van der Waals surface area contributed by atoms with Crippen LogP contribution in [-0.2, 0) is 17.8 Å². The molecule has 1 atom stereocenters. The lowest BCUT2D eigenvalue weighted by Crippen LogP contribution is -2.40. The van der Waals surface area contributed by atoms with Gasteiger partial charge in [-0.05, 0) is 53.3 Å². The molecule has 7 heteroatoms. The number of hydrogen-bond donors (Lipinski definition) is 1. The van der Waals surface area contributed by atoms with Gasteiger partial charge in [0.1, 0.15) is 6.54 Å². The summed E-state index contributed by atoms with van der Waals surface area (Å²) in [6.45, 7) is 1.43. The Labute approximate surface area is 184 Å². The molecular weight excluding hydrogens is 404 g/mol. The lowest BCUT2D eigenvalue weighted by molar-refractivity contribution is -0.137. The standard InChI is InChI=1S/C25H24N4O3/c30-22(31)15-28-24-20(8-3-11-26-24)29(25(28)32)18-9-12-27(13-10-18)21-14-17-6-1-4-16-5-2-7-19(21)23(16)17/h1-8,11,18,21H,9-10,12-15H2,(H,30,31). The smallest absolute Gasteiger partial charge is 0.331 e. The first-order chi connectivity index (χ1) is 15.6. The molecule has 1 saturated heterocycles. The third-order valence-corrected chi connectivity index (χ3v) is 7.11. The van der Waals surface area contributed by atoms with Crippen LogP contribution in [-0.4, -0.2) is 43.2 Å². The maximum absolute atomic E-state index is 13.1. The Bertz CT molecular complexity index is 1410. The molecule has 1 aliphatic carbocycles. The molecule has 1 fully saturated rings. The molecule has 0 amide bonds. The SMILES string of the molecule is O=C(O)Cn1c(=O)n(C2CCN(C3Cc4cccc5cccc3c45)CC2)c2cccnc21. The first kappa shape index (κ1) is 19.3. The van der Waals surface area contributed by atoms with Crippen molar-refractivity contribution in [2.24, 2.45) is 0 Å². The maximum Gasteiger partial charge on any atom is 0.331 e. The first-order valence-corrected chi connectivity index (χ1v) is 11.1. The second-order valence-corrected chi connectivity index (χ2v) is 8.83. The van der Waals surface area contributed by atoms with Gasteiger partial charge in [0.15, 0.2) is 5.65 Å². The summed E-state index contributed by atoms with van der Waals surface area (Å²) in [5.74, 6) is -1.04. The molecule has 0 saturated carbocycles. The van der Waals surface area contributed by atoms with Crippen LogP contribution < -0.4 is 5.69 Å². The summed E-state index contributed by atoms with van der Waals surface area (Å²) in [7, 11) is 0. The molecule has 2 aliphatic rings. The number of aromatic nitrogens is 3. The van der Waals surface area contributed by atoms with Crippen molar-refractivity contribution in [2.45, 2.75) is 37.9 Å². The summed E-state index contributed by atoms with van der Waals surface area (Å²) in [5, 5.41) is 12.0. The zero-order valence-corrected chi connectivity index (χ0v) is 17.6. The summed E-state index contributed by atoms with van der Waals surface area (Å²) in [4.78, 5) is 31.3. The second kappa shape index (κ2) is 7.31. The van der Waals surface area contributed by atoms with E-state index in [9.17, 15) is 14.7 Å².